The molecule has 0 saturated carbocycles. The van der Waals surface area contributed by atoms with E-state index in [0.717, 1.165) is 12.1 Å². The third-order valence-corrected chi connectivity index (χ3v) is 1.33. The highest BCUT2D eigenvalue weighted by Gasteiger charge is 2.44. The standard InChI is InChI=1S/C7H5F5N2/c8-7(9,10)14(12)13(11)6-4-2-1-3-5-6/h1-5H. The van der Waals surface area contributed by atoms with Gasteiger partial charge in [-0.15, -0.1) is 9.71 Å². The van der Waals surface area contributed by atoms with Gasteiger partial charge >= 0.3 is 6.30 Å². The molecule has 1 aromatic carbocycles. The Morgan fingerprint density at radius 2 is 1.43 bits per heavy atom. The fourth-order valence-corrected chi connectivity index (χ4v) is 0.752. The van der Waals surface area contributed by atoms with Crippen LogP contribution in [-0.2, 0) is 0 Å². The third-order valence-electron chi connectivity index (χ3n) is 1.33. The Bertz CT molecular complexity index is 286. The molecule has 0 heterocycles. The molecule has 0 aliphatic carbocycles. The van der Waals surface area contributed by atoms with E-state index in [1.165, 1.54) is 18.2 Å². The van der Waals surface area contributed by atoms with Gasteiger partial charge in [0, 0.05) is 0 Å². The van der Waals surface area contributed by atoms with Crippen molar-refractivity contribution in [3.05, 3.63) is 30.3 Å². The normalized spacial score (nSPS) is 11.9. The maximum absolute atomic E-state index is 12.7. The highest BCUT2D eigenvalue weighted by molar-refractivity contribution is 5.41. The summed E-state index contributed by atoms with van der Waals surface area (Å²) >= 11 is 0. The summed E-state index contributed by atoms with van der Waals surface area (Å²) in [6, 6.07) is 6.03. The van der Waals surface area contributed by atoms with Gasteiger partial charge in [-0.1, -0.05) is 22.7 Å². The first-order chi connectivity index (χ1) is 6.43. The van der Waals surface area contributed by atoms with Crippen molar-refractivity contribution in [3.8, 4) is 0 Å². The summed E-state index contributed by atoms with van der Waals surface area (Å²) in [5, 5.41) is -3.07. The van der Waals surface area contributed by atoms with Crippen molar-refractivity contribution >= 4 is 5.69 Å². The Morgan fingerprint density at radius 1 is 0.929 bits per heavy atom. The fourth-order valence-electron chi connectivity index (χ4n) is 0.752. The van der Waals surface area contributed by atoms with Crippen molar-refractivity contribution in [2.75, 3.05) is 5.23 Å². The van der Waals surface area contributed by atoms with Crippen LogP contribution in [0.25, 0.3) is 0 Å². The lowest BCUT2D eigenvalue weighted by Gasteiger charge is -2.21. The molecule has 0 spiro atoms. The number of hydrogen-bond donors (Lipinski definition) is 0. The molecule has 0 saturated heterocycles. The summed E-state index contributed by atoms with van der Waals surface area (Å²) in [6.07, 6.45) is -5.40. The highest BCUT2D eigenvalue weighted by atomic mass is 19.4. The molecule has 0 amide bonds. The van der Waals surface area contributed by atoms with E-state index in [9.17, 15) is 22.1 Å². The van der Waals surface area contributed by atoms with Crippen LogP contribution in [0.4, 0.5) is 27.8 Å². The van der Waals surface area contributed by atoms with Crippen molar-refractivity contribution in [2.24, 2.45) is 0 Å². The molecule has 0 aromatic heterocycles. The van der Waals surface area contributed by atoms with Crippen molar-refractivity contribution in [1.82, 2.24) is 5.23 Å². The van der Waals surface area contributed by atoms with Gasteiger partial charge in [0.05, 0.1) is 10.9 Å². The number of rotatable bonds is 2. The fraction of sp³-hybridized carbons (Fsp3) is 0.143. The van der Waals surface area contributed by atoms with Gasteiger partial charge in [-0.2, -0.15) is 13.2 Å². The van der Waals surface area contributed by atoms with E-state index in [2.05, 4.69) is 0 Å². The lowest BCUT2D eigenvalue weighted by atomic mass is 10.3. The third kappa shape index (κ3) is 2.32. The van der Waals surface area contributed by atoms with E-state index < -0.39 is 22.4 Å². The Balaban J connectivity index is 2.81. The number of nitrogens with zero attached hydrogens (tertiary/aromatic N) is 2. The van der Waals surface area contributed by atoms with E-state index in [4.69, 9.17) is 0 Å². The SMILES string of the molecule is FN(c1ccccc1)N(F)C(F)(F)F. The Labute approximate surface area is 76.0 Å². The van der Waals surface area contributed by atoms with Gasteiger partial charge in [0.25, 0.3) is 0 Å². The second-order valence-corrected chi connectivity index (χ2v) is 2.32. The van der Waals surface area contributed by atoms with Gasteiger partial charge in [0.15, 0.2) is 0 Å². The van der Waals surface area contributed by atoms with Crippen LogP contribution in [0.1, 0.15) is 0 Å². The number of benzene rings is 1. The van der Waals surface area contributed by atoms with Crippen LogP contribution >= 0.6 is 0 Å². The molecule has 14 heavy (non-hydrogen) atoms. The van der Waals surface area contributed by atoms with Crippen LogP contribution in [0, 0.1) is 0 Å². The predicted octanol–water partition coefficient (Wildman–Crippen LogP) is 3.00. The van der Waals surface area contributed by atoms with Crippen LogP contribution in [-0.4, -0.2) is 11.5 Å². The van der Waals surface area contributed by atoms with Crippen LogP contribution in [0.15, 0.2) is 30.3 Å². The summed E-state index contributed by atoms with van der Waals surface area (Å²) in [6.45, 7) is 0. The van der Waals surface area contributed by atoms with Gasteiger partial charge < -0.3 is 0 Å². The van der Waals surface area contributed by atoms with E-state index in [-0.39, 0.29) is 0 Å². The summed E-state index contributed by atoms with van der Waals surface area (Å²) in [5.74, 6) is 0. The summed E-state index contributed by atoms with van der Waals surface area (Å²) in [7, 11) is 0. The number of halogens is 5. The number of para-hydroxylation sites is 1. The quantitative estimate of drug-likeness (QED) is 0.322. The van der Waals surface area contributed by atoms with Crippen molar-refractivity contribution < 1.29 is 22.1 Å². The number of hydrogen-bond acceptors (Lipinski definition) is 2. The van der Waals surface area contributed by atoms with Gasteiger partial charge in [-0.05, 0) is 12.1 Å². The van der Waals surface area contributed by atoms with Gasteiger partial charge in [-0.25, -0.2) is 0 Å². The molecule has 0 radical (unpaired) electrons. The van der Waals surface area contributed by atoms with E-state index in [0.29, 0.717) is 0 Å². The summed E-state index contributed by atoms with van der Waals surface area (Å²) in [5.41, 5.74) is -0.549. The number of alkyl halides is 3. The van der Waals surface area contributed by atoms with Gasteiger partial charge in [-0.3, -0.25) is 0 Å². The number of anilines is 1. The molecular formula is C7H5F5N2. The molecule has 2 nitrogen and oxygen atoms in total. The number of hydrazine groups is 1. The smallest absolute Gasteiger partial charge is 0.152 e. The van der Waals surface area contributed by atoms with Crippen LogP contribution in [0.2, 0.25) is 0 Å². The minimum atomic E-state index is -5.40. The maximum Gasteiger partial charge on any atom is 0.508 e. The van der Waals surface area contributed by atoms with E-state index in [1.807, 2.05) is 0 Å². The van der Waals surface area contributed by atoms with Crippen LogP contribution in [0.5, 0.6) is 0 Å². The van der Waals surface area contributed by atoms with Crippen molar-refractivity contribution in [2.45, 2.75) is 6.30 Å². The summed E-state index contributed by atoms with van der Waals surface area (Å²) in [4.78, 5) is 0. The van der Waals surface area contributed by atoms with Gasteiger partial charge in [0.1, 0.15) is 0 Å². The highest BCUT2D eigenvalue weighted by Crippen LogP contribution is 2.27. The molecular weight excluding hydrogens is 207 g/mol. The zero-order valence-corrected chi connectivity index (χ0v) is 6.67. The predicted molar refractivity (Wildman–Crippen MR) is 39.0 cm³/mol. The first-order valence-electron chi connectivity index (χ1n) is 3.46. The maximum atomic E-state index is 12.7. The zero-order chi connectivity index (χ0) is 10.8. The molecule has 1 rings (SSSR count). The average molecular weight is 212 g/mol. The summed E-state index contributed by atoms with van der Waals surface area (Å²) < 4.78 is 59.9. The molecule has 0 fully saturated rings. The minimum Gasteiger partial charge on any atom is -0.152 e. The van der Waals surface area contributed by atoms with Crippen molar-refractivity contribution in [3.63, 3.8) is 0 Å². The minimum absolute atomic E-state index is 0.549. The van der Waals surface area contributed by atoms with E-state index >= 15 is 0 Å². The van der Waals surface area contributed by atoms with Gasteiger partial charge in [0.2, 0.25) is 0 Å². The molecule has 0 aliphatic rings. The topological polar surface area (TPSA) is 6.48 Å². The first-order valence-corrected chi connectivity index (χ1v) is 3.46. The molecule has 78 valence electrons. The largest absolute Gasteiger partial charge is 0.508 e. The van der Waals surface area contributed by atoms with Crippen LogP contribution in [0.3, 0.4) is 0 Å². The molecule has 0 aliphatic heterocycles. The Kier molecular flexibility index (Phi) is 2.90. The zero-order valence-electron chi connectivity index (χ0n) is 6.67. The lowest BCUT2D eigenvalue weighted by molar-refractivity contribution is -0.330. The Morgan fingerprint density at radius 3 is 1.86 bits per heavy atom. The Hall–Kier alpha value is -1.37. The average Bonchev–Trinajstić information content (AvgIpc) is 2.15. The monoisotopic (exact) mass is 212 g/mol. The second kappa shape index (κ2) is 3.79. The molecule has 0 bridgehead atoms. The molecule has 1 aromatic rings. The molecule has 0 N–H and O–H groups in total. The molecule has 0 atom stereocenters. The molecule has 7 heteroatoms. The lowest BCUT2D eigenvalue weighted by Crippen LogP contribution is -2.41. The molecule has 0 unspecified atom stereocenters. The second-order valence-electron chi connectivity index (χ2n) is 2.32. The van der Waals surface area contributed by atoms with Crippen molar-refractivity contribution in [1.29, 1.82) is 0 Å². The van der Waals surface area contributed by atoms with Crippen LogP contribution < -0.4 is 5.23 Å². The first kappa shape index (κ1) is 10.7. The van der Waals surface area contributed by atoms with E-state index in [1.54, 1.807) is 0 Å².